The number of anilines is 2. The van der Waals surface area contributed by atoms with Crippen molar-refractivity contribution in [2.45, 2.75) is 47.0 Å². The van der Waals surface area contributed by atoms with E-state index in [9.17, 15) is 14.4 Å². The minimum absolute atomic E-state index is 0.0500. The van der Waals surface area contributed by atoms with Crippen LogP contribution < -0.4 is 10.6 Å². The van der Waals surface area contributed by atoms with Crippen molar-refractivity contribution >= 4 is 29.0 Å². The second kappa shape index (κ2) is 5.97. The predicted octanol–water partition coefficient (Wildman–Crippen LogP) is 3.62. The molecule has 2 aliphatic rings. The first-order valence-electron chi connectivity index (χ1n) is 8.94. The van der Waals surface area contributed by atoms with Gasteiger partial charge in [0.2, 0.25) is 11.8 Å². The summed E-state index contributed by atoms with van der Waals surface area (Å²) < 4.78 is 0. The number of ketones is 1. The summed E-state index contributed by atoms with van der Waals surface area (Å²) in [7, 11) is 0. The molecule has 5 heteroatoms. The molecule has 2 fully saturated rings. The van der Waals surface area contributed by atoms with Gasteiger partial charge in [-0.15, -0.1) is 0 Å². The van der Waals surface area contributed by atoms with Crippen molar-refractivity contribution in [2.75, 3.05) is 10.6 Å². The Labute approximate surface area is 148 Å². The highest BCUT2D eigenvalue weighted by atomic mass is 16.2. The number of carbonyl (C=O) groups excluding carboxylic acids is 3. The van der Waals surface area contributed by atoms with Crippen LogP contribution in [-0.4, -0.2) is 17.6 Å². The van der Waals surface area contributed by atoms with E-state index in [1.54, 1.807) is 24.3 Å². The van der Waals surface area contributed by atoms with E-state index < -0.39 is 5.41 Å². The molecule has 25 heavy (non-hydrogen) atoms. The van der Waals surface area contributed by atoms with Gasteiger partial charge in [0.15, 0.2) is 0 Å². The first-order chi connectivity index (χ1) is 11.7. The van der Waals surface area contributed by atoms with Crippen LogP contribution in [0.2, 0.25) is 0 Å². The largest absolute Gasteiger partial charge is 0.326 e. The molecule has 1 aromatic carbocycles. The maximum absolute atomic E-state index is 13.0. The van der Waals surface area contributed by atoms with Crippen LogP contribution >= 0.6 is 0 Å². The van der Waals surface area contributed by atoms with Gasteiger partial charge < -0.3 is 10.6 Å². The fourth-order valence-corrected chi connectivity index (χ4v) is 4.37. The van der Waals surface area contributed by atoms with Crippen LogP contribution in [0.15, 0.2) is 24.3 Å². The van der Waals surface area contributed by atoms with Crippen molar-refractivity contribution in [3.05, 3.63) is 24.3 Å². The molecule has 2 N–H and O–H groups in total. The molecule has 2 aliphatic carbocycles. The lowest BCUT2D eigenvalue weighted by Crippen LogP contribution is -2.46. The standard InChI is InChI=1S/C20H26N2O3/c1-12(2)17(24)21-14-5-7-15(8-6-14)22-18(25)20-10-9-13(11-16(20)23)19(20,3)4/h5-8,12-13H,9-11H2,1-4H3,(H,21,24)(H,22,25). The zero-order valence-corrected chi connectivity index (χ0v) is 15.3. The molecule has 0 aliphatic heterocycles. The van der Waals surface area contributed by atoms with Gasteiger partial charge in [-0.25, -0.2) is 0 Å². The van der Waals surface area contributed by atoms with E-state index >= 15 is 0 Å². The molecular weight excluding hydrogens is 316 g/mol. The van der Waals surface area contributed by atoms with Crippen LogP contribution in [0.25, 0.3) is 0 Å². The summed E-state index contributed by atoms with van der Waals surface area (Å²) in [6.07, 6.45) is 2.09. The second-order valence-corrected chi connectivity index (χ2v) is 8.17. The Balaban J connectivity index is 1.74. The molecular formula is C20H26N2O3. The third-order valence-electron chi connectivity index (χ3n) is 6.22. The lowest BCUT2D eigenvalue weighted by molar-refractivity contribution is -0.141. The molecule has 2 amide bonds. The smallest absolute Gasteiger partial charge is 0.238 e. The molecule has 2 unspecified atom stereocenters. The summed E-state index contributed by atoms with van der Waals surface area (Å²) in [5.41, 5.74) is 0.135. The number of rotatable bonds is 4. The number of nitrogens with one attached hydrogen (secondary N) is 2. The highest BCUT2D eigenvalue weighted by Gasteiger charge is 2.68. The van der Waals surface area contributed by atoms with Crippen molar-refractivity contribution in [1.29, 1.82) is 0 Å². The number of amides is 2. The maximum atomic E-state index is 13.0. The van der Waals surface area contributed by atoms with E-state index in [0.717, 1.165) is 6.42 Å². The summed E-state index contributed by atoms with van der Waals surface area (Å²) in [6, 6.07) is 7.02. The van der Waals surface area contributed by atoms with Crippen molar-refractivity contribution in [3.8, 4) is 0 Å². The normalized spacial score (nSPS) is 26.8. The molecule has 0 spiro atoms. The molecule has 2 atom stereocenters. The van der Waals surface area contributed by atoms with Gasteiger partial charge in [-0.2, -0.15) is 0 Å². The topological polar surface area (TPSA) is 75.3 Å². The average molecular weight is 342 g/mol. The monoisotopic (exact) mass is 342 g/mol. The van der Waals surface area contributed by atoms with Gasteiger partial charge in [0.05, 0.1) is 0 Å². The zero-order chi connectivity index (χ0) is 18.4. The molecule has 5 nitrogen and oxygen atoms in total. The van der Waals surface area contributed by atoms with Crippen LogP contribution in [-0.2, 0) is 14.4 Å². The van der Waals surface area contributed by atoms with Crippen molar-refractivity contribution in [3.63, 3.8) is 0 Å². The summed E-state index contributed by atoms with van der Waals surface area (Å²) >= 11 is 0. The molecule has 0 radical (unpaired) electrons. The minimum Gasteiger partial charge on any atom is -0.326 e. The Morgan fingerprint density at radius 3 is 2.08 bits per heavy atom. The third-order valence-corrected chi connectivity index (χ3v) is 6.22. The molecule has 3 rings (SSSR count). The second-order valence-electron chi connectivity index (χ2n) is 8.17. The fraction of sp³-hybridized carbons (Fsp3) is 0.550. The number of fused-ring (bicyclic) bond motifs is 2. The summed E-state index contributed by atoms with van der Waals surface area (Å²) in [6.45, 7) is 7.75. The molecule has 0 aromatic heterocycles. The Kier molecular flexibility index (Phi) is 4.21. The minimum atomic E-state index is -0.901. The van der Waals surface area contributed by atoms with E-state index in [2.05, 4.69) is 10.6 Å². The van der Waals surface area contributed by atoms with Crippen molar-refractivity contribution in [2.24, 2.45) is 22.7 Å². The number of benzene rings is 1. The van der Waals surface area contributed by atoms with Crippen LogP contribution in [0.5, 0.6) is 0 Å². The van der Waals surface area contributed by atoms with Crippen LogP contribution in [0.1, 0.15) is 47.0 Å². The van der Waals surface area contributed by atoms with Gasteiger partial charge in [0.1, 0.15) is 11.2 Å². The Bertz CT molecular complexity index is 721. The number of hydrogen-bond acceptors (Lipinski definition) is 3. The summed E-state index contributed by atoms with van der Waals surface area (Å²) in [4.78, 5) is 37.2. The zero-order valence-electron chi connectivity index (χ0n) is 15.3. The predicted molar refractivity (Wildman–Crippen MR) is 97.1 cm³/mol. The van der Waals surface area contributed by atoms with Crippen molar-refractivity contribution in [1.82, 2.24) is 0 Å². The van der Waals surface area contributed by atoms with E-state index in [0.29, 0.717) is 30.1 Å². The Morgan fingerprint density at radius 2 is 1.64 bits per heavy atom. The lowest BCUT2D eigenvalue weighted by Gasteiger charge is -2.34. The SMILES string of the molecule is CC(C)C(=O)Nc1ccc(NC(=O)C23CCC(CC2=O)C3(C)C)cc1. The quantitative estimate of drug-likeness (QED) is 0.821. The van der Waals surface area contributed by atoms with Gasteiger partial charge in [0.25, 0.3) is 0 Å². The maximum Gasteiger partial charge on any atom is 0.238 e. The highest BCUT2D eigenvalue weighted by Crippen LogP contribution is 2.64. The molecule has 0 heterocycles. The van der Waals surface area contributed by atoms with Gasteiger partial charge in [-0.05, 0) is 48.4 Å². The van der Waals surface area contributed by atoms with Gasteiger partial charge in [-0.1, -0.05) is 27.7 Å². The highest BCUT2D eigenvalue weighted by molar-refractivity contribution is 6.14. The third kappa shape index (κ3) is 2.66. The van der Waals surface area contributed by atoms with Crippen LogP contribution in [0, 0.1) is 22.7 Å². The molecule has 0 saturated heterocycles. The first-order valence-corrected chi connectivity index (χ1v) is 8.94. The average Bonchev–Trinajstić information content (AvgIpc) is 2.91. The first kappa shape index (κ1) is 17.6. The van der Waals surface area contributed by atoms with E-state index in [1.807, 2.05) is 27.7 Å². The molecule has 134 valence electrons. The van der Waals surface area contributed by atoms with E-state index in [4.69, 9.17) is 0 Å². The van der Waals surface area contributed by atoms with E-state index in [1.165, 1.54) is 0 Å². The Morgan fingerprint density at radius 1 is 1.08 bits per heavy atom. The Hall–Kier alpha value is -2.17. The van der Waals surface area contributed by atoms with Gasteiger partial charge in [-0.3, -0.25) is 14.4 Å². The number of carbonyl (C=O) groups is 3. The molecule has 1 aromatic rings. The summed E-state index contributed by atoms with van der Waals surface area (Å²) in [5.74, 6) is 0.0447. The van der Waals surface area contributed by atoms with Crippen LogP contribution in [0.3, 0.4) is 0 Å². The van der Waals surface area contributed by atoms with E-state index in [-0.39, 0.29) is 28.9 Å². The van der Waals surface area contributed by atoms with Gasteiger partial charge >= 0.3 is 0 Å². The van der Waals surface area contributed by atoms with Gasteiger partial charge in [0, 0.05) is 23.7 Å². The van der Waals surface area contributed by atoms with Crippen molar-refractivity contribution < 1.29 is 14.4 Å². The number of hydrogen-bond donors (Lipinski definition) is 2. The summed E-state index contributed by atoms with van der Waals surface area (Å²) in [5, 5.41) is 5.74. The lowest BCUT2D eigenvalue weighted by atomic mass is 9.68. The molecule has 2 saturated carbocycles. The fourth-order valence-electron chi connectivity index (χ4n) is 4.37. The number of Topliss-reactive ketones (excluding diaryl/α,β-unsaturated/α-hetero) is 1. The van der Waals surface area contributed by atoms with Crippen LogP contribution in [0.4, 0.5) is 11.4 Å². The molecule has 2 bridgehead atoms.